The van der Waals surface area contributed by atoms with E-state index in [-0.39, 0.29) is 34.6 Å². The highest BCUT2D eigenvalue weighted by atomic mass is 35.5. The van der Waals surface area contributed by atoms with Crippen LogP contribution in [0.4, 0.5) is 0 Å². The first-order chi connectivity index (χ1) is 11.1. The summed E-state index contributed by atoms with van der Waals surface area (Å²) in [7, 11) is 3.01. The van der Waals surface area contributed by atoms with Gasteiger partial charge < -0.3 is 23.7 Å². The summed E-state index contributed by atoms with van der Waals surface area (Å²) in [6.45, 7) is 2.25. The number of ether oxygens (including phenoxy) is 5. The second-order valence-electron chi connectivity index (χ2n) is 4.29. The minimum atomic E-state index is -0.616. The Balaban J connectivity index is 2.31. The van der Waals surface area contributed by atoms with Gasteiger partial charge in [0.05, 0.1) is 50.2 Å². The summed E-state index contributed by atoms with van der Waals surface area (Å²) < 4.78 is 25.5. The molecule has 0 radical (unpaired) electrons. The fourth-order valence-electron chi connectivity index (χ4n) is 1.65. The largest absolute Gasteiger partial charge is 0.494 e. The van der Waals surface area contributed by atoms with E-state index in [0.29, 0.717) is 26.4 Å². The topological polar surface area (TPSA) is 63.2 Å². The van der Waals surface area contributed by atoms with Crippen LogP contribution < -0.4 is 4.74 Å². The third-order valence-electron chi connectivity index (χ3n) is 2.73. The number of carbonyl (C=O) groups excluding carboxylic acids is 1. The molecule has 0 unspecified atom stereocenters. The lowest BCUT2D eigenvalue weighted by molar-refractivity contribution is 0.00561. The number of carbonyl (C=O) groups is 1. The van der Waals surface area contributed by atoms with Gasteiger partial charge in [-0.2, -0.15) is 0 Å². The lowest BCUT2D eigenvalue weighted by Crippen LogP contribution is -2.14. The Morgan fingerprint density at radius 1 is 0.913 bits per heavy atom. The molecule has 0 spiro atoms. The van der Waals surface area contributed by atoms with Crippen LogP contribution in [-0.2, 0) is 18.9 Å². The van der Waals surface area contributed by atoms with Crippen LogP contribution in [0.25, 0.3) is 0 Å². The second-order valence-corrected chi connectivity index (χ2v) is 5.11. The first-order valence-electron chi connectivity index (χ1n) is 6.95. The highest BCUT2D eigenvalue weighted by Gasteiger charge is 2.20. The Morgan fingerprint density at radius 2 is 1.48 bits per heavy atom. The minimum absolute atomic E-state index is 0.0862. The molecule has 0 aromatic heterocycles. The van der Waals surface area contributed by atoms with E-state index in [4.69, 9.17) is 46.9 Å². The van der Waals surface area contributed by atoms with Gasteiger partial charge in [-0.25, -0.2) is 4.79 Å². The summed E-state index contributed by atoms with van der Waals surface area (Å²) >= 11 is 12.0. The molecule has 1 aromatic carbocycles. The van der Waals surface area contributed by atoms with Crippen molar-refractivity contribution >= 4 is 29.2 Å². The Kier molecular flexibility index (Phi) is 9.98. The molecule has 0 heterocycles. The van der Waals surface area contributed by atoms with Gasteiger partial charge in [0.2, 0.25) is 0 Å². The van der Waals surface area contributed by atoms with Crippen molar-refractivity contribution in [3.8, 4) is 5.75 Å². The van der Waals surface area contributed by atoms with Gasteiger partial charge in [0.1, 0.15) is 12.2 Å². The first kappa shape index (κ1) is 20.0. The quantitative estimate of drug-likeness (QED) is 0.443. The summed E-state index contributed by atoms with van der Waals surface area (Å²) in [5.74, 6) is -0.425. The van der Waals surface area contributed by atoms with E-state index < -0.39 is 5.97 Å². The lowest BCUT2D eigenvalue weighted by atomic mass is 10.2. The monoisotopic (exact) mass is 366 g/mol. The molecule has 0 amide bonds. The maximum absolute atomic E-state index is 12.1. The normalized spacial score (nSPS) is 10.6. The molecule has 0 saturated heterocycles. The van der Waals surface area contributed by atoms with Gasteiger partial charge in [0, 0.05) is 7.11 Å². The number of halogens is 2. The number of rotatable bonds is 11. The Hall–Kier alpha value is -1.05. The fourth-order valence-corrected chi connectivity index (χ4v) is 2.11. The Bertz CT molecular complexity index is 495. The molecule has 23 heavy (non-hydrogen) atoms. The van der Waals surface area contributed by atoms with Crippen LogP contribution in [0, 0.1) is 0 Å². The molecule has 130 valence electrons. The molecule has 0 aliphatic rings. The third-order valence-corrected chi connectivity index (χ3v) is 3.34. The first-order valence-corrected chi connectivity index (χ1v) is 7.71. The van der Waals surface area contributed by atoms with E-state index in [9.17, 15) is 4.79 Å². The summed E-state index contributed by atoms with van der Waals surface area (Å²) in [5, 5.41) is 0.497. The van der Waals surface area contributed by atoms with Crippen LogP contribution in [-0.4, -0.2) is 59.8 Å². The van der Waals surface area contributed by atoms with E-state index in [1.165, 1.54) is 13.2 Å². The molecular weight excluding hydrogens is 347 g/mol. The van der Waals surface area contributed by atoms with Gasteiger partial charge in [0.15, 0.2) is 5.75 Å². The maximum atomic E-state index is 12.1. The van der Waals surface area contributed by atoms with Crippen LogP contribution in [0.1, 0.15) is 10.4 Å². The highest BCUT2D eigenvalue weighted by molar-refractivity contribution is 6.37. The van der Waals surface area contributed by atoms with Crippen LogP contribution >= 0.6 is 23.2 Å². The van der Waals surface area contributed by atoms with Crippen LogP contribution in [0.2, 0.25) is 10.0 Å². The van der Waals surface area contributed by atoms with E-state index in [1.807, 2.05) is 0 Å². The van der Waals surface area contributed by atoms with E-state index in [1.54, 1.807) is 13.2 Å². The standard InChI is InChI=1S/C15H20Cl2O6/c1-19-5-6-21-7-8-22-9-10-23-15(18)13-11(16)3-4-12(17)14(13)20-2/h3-4H,5-10H2,1-2H3. The SMILES string of the molecule is COCCOCCOCCOC(=O)c1c(Cl)ccc(Cl)c1OC. The number of methoxy groups -OCH3 is 2. The smallest absolute Gasteiger partial charge is 0.343 e. The van der Waals surface area contributed by atoms with Crippen molar-refractivity contribution in [1.29, 1.82) is 0 Å². The van der Waals surface area contributed by atoms with E-state index in [2.05, 4.69) is 0 Å². The van der Waals surface area contributed by atoms with Gasteiger partial charge in [-0.15, -0.1) is 0 Å². The van der Waals surface area contributed by atoms with E-state index >= 15 is 0 Å². The zero-order valence-corrected chi connectivity index (χ0v) is 14.6. The number of hydrogen-bond acceptors (Lipinski definition) is 6. The van der Waals surface area contributed by atoms with Gasteiger partial charge >= 0.3 is 5.97 Å². The van der Waals surface area contributed by atoms with Gasteiger partial charge in [-0.3, -0.25) is 0 Å². The van der Waals surface area contributed by atoms with Crippen molar-refractivity contribution in [2.75, 3.05) is 53.9 Å². The van der Waals surface area contributed by atoms with Gasteiger partial charge in [-0.05, 0) is 12.1 Å². The summed E-state index contributed by atoms with van der Waals surface area (Å²) in [6.07, 6.45) is 0. The number of esters is 1. The van der Waals surface area contributed by atoms with Gasteiger partial charge in [0.25, 0.3) is 0 Å². The Morgan fingerprint density at radius 3 is 2.09 bits per heavy atom. The average Bonchev–Trinajstić information content (AvgIpc) is 2.54. The second kappa shape index (κ2) is 11.5. The molecule has 1 rings (SSSR count). The van der Waals surface area contributed by atoms with Crippen molar-refractivity contribution in [1.82, 2.24) is 0 Å². The predicted octanol–water partition coefficient (Wildman–Crippen LogP) is 2.84. The van der Waals surface area contributed by atoms with E-state index in [0.717, 1.165) is 0 Å². The maximum Gasteiger partial charge on any atom is 0.343 e. The summed E-state index contributed by atoms with van der Waals surface area (Å²) in [5.41, 5.74) is 0.101. The molecule has 6 nitrogen and oxygen atoms in total. The molecule has 0 aliphatic carbocycles. The van der Waals surface area contributed by atoms with Crippen molar-refractivity contribution < 1.29 is 28.5 Å². The molecule has 0 fully saturated rings. The number of benzene rings is 1. The third kappa shape index (κ3) is 6.93. The lowest BCUT2D eigenvalue weighted by Gasteiger charge is -2.12. The molecule has 0 saturated carbocycles. The zero-order chi connectivity index (χ0) is 17.1. The molecular formula is C15H20Cl2O6. The molecule has 0 aliphatic heterocycles. The number of hydrogen-bond donors (Lipinski definition) is 0. The average molecular weight is 367 g/mol. The molecule has 8 heteroatoms. The van der Waals surface area contributed by atoms with Crippen molar-refractivity contribution in [2.24, 2.45) is 0 Å². The van der Waals surface area contributed by atoms with Gasteiger partial charge in [-0.1, -0.05) is 23.2 Å². The summed E-state index contributed by atoms with van der Waals surface area (Å²) in [6, 6.07) is 3.06. The molecule has 0 bridgehead atoms. The minimum Gasteiger partial charge on any atom is -0.494 e. The fraction of sp³-hybridized carbons (Fsp3) is 0.533. The van der Waals surface area contributed by atoms with Crippen molar-refractivity contribution in [3.63, 3.8) is 0 Å². The predicted molar refractivity (Wildman–Crippen MR) is 86.8 cm³/mol. The van der Waals surface area contributed by atoms with Crippen LogP contribution in [0.15, 0.2) is 12.1 Å². The van der Waals surface area contributed by atoms with Crippen molar-refractivity contribution in [3.05, 3.63) is 27.7 Å². The van der Waals surface area contributed by atoms with Crippen LogP contribution in [0.5, 0.6) is 5.75 Å². The van der Waals surface area contributed by atoms with Crippen molar-refractivity contribution in [2.45, 2.75) is 0 Å². The van der Waals surface area contributed by atoms with Crippen LogP contribution in [0.3, 0.4) is 0 Å². The highest BCUT2D eigenvalue weighted by Crippen LogP contribution is 2.34. The molecule has 0 N–H and O–H groups in total. The molecule has 1 aromatic rings. The Labute approximate surface area is 145 Å². The zero-order valence-electron chi connectivity index (χ0n) is 13.1. The molecule has 0 atom stereocenters. The summed E-state index contributed by atoms with van der Waals surface area (Å²) in [4.78, 5) is 12.1.